The van der Waals surface area contributed by atoms with E-state index in [0.29, 0.717) is 12.5 Å². The van der Waals surface area contributed by atoms with Crippen LogP contribution in [0.5, 0.6) is 5.88 Å². The standard InChI is InChI=1S/C19H22F6N2O2/c20-18(21,22)14-12-15(19(23,24)25)27-17(13-14)29-11-9-7-5-3-1-2-4-6-8-10-16(26)28/h4,6,8,10,12-13H,1-3,5,7,9,11H2,(H2,26,28)/b6-4+,10-8+. The predicted octanol–water partition coefficient (Wildman–Crippen LogP) is 5.44. The van der Waals surface area contributed by atoms with E-state index >= 15 is 0 Å². The molecule has 1 heterocycles. The van der Waals surface area contributed by atoms with Crippen LogP contribution in [-0.2, 0) is 17.1 Å². The lowest BCUT2D eigenvalue weighted by Gasteiger charge is -2.13. The van der Waals surface area contributed by atoms with Gasteiger partial charge in [-0.2, -0.15) is 26.3 Å². The average Bonchev–Trinajstić information content (AvgIpc) is 2.60. The van der Waals surface area contributed by atoms with Crippen LogP contribution in [0.25, 0.3) is 0 Å². The zero-order valence-electron chi connectivity index (χ0n) is 15.5. The Morgan fingerprint density at radius 2 is 1.62 bits per heavy atom. The number of aromatic nitrogens is 1. The number of nitrogens with zero attached hydrogens (tertiary/aromatic N) is 1. The Balaban J connectivity index is 2.35. The molecule has 0 unspecified atom stereocenters. The molecule has 0 aliphatic carbocycles. The van der Waals surface area contributed by atoms with Crippen molar-refractivity contribution in [1.82, 2.24) is 4.98 Å². The van der Waals surface area contributed by atoms with Crippen LogP contribution in [0.15, 0.2) is 36.4 Å². The molecule has 0 atom stereocenters. The Bertz CT molecular complexity index is 679. The van der Waals surface area contributed by atoms with Crippen molar-refractivity contribution in [2.45, 2.75) is 50.9 Å². The molecule has 0 aliphatic rings. The van der Waals surface area contributed by atoms with Gasteiger partial charge in [-0.1, -0.05) is 37.5 Å². The number of pyridine rings is 1. The fourth-order valence-electron chi connectivity index (χ4n) is 2.28. The molecular formula is C19H22F6N2O2. The van der Waals surface area contributed by atoms with E-state index in [9.17, 15) is 31.1 Å². The second-order valence-corrected chi connectivity index (χ2v) is 6.17. The van der Waals surface area contributed by atoms with Crippen molar-refractivity contribution in [2.24, 2.45) is 5.73 Å². The molecule has 1 aromatic rings. The maximum Gasteiger partial charge on any atom is 0.433 e. The third-order valence-corrected chi connectivity index (χ3v) is 3.69. The van der Waals surface area contributed by atoms with Gasteiger partial charge in [-0.15, -0.1) is 0 Å². The van der Waals surface area contributed by atoms with E-state index in [1.807, 2.05) is 6.08 Å². The Morgan fingerprint density at radius 1 is 0.966 bits per heavy atom. The van der Waals surface area contributed by atoms with Crippen LogP contribution >= 0.6 is 0 Å². The van der Waals surface area contributed by atoms with Gasteiger partial charge in [0, 0.05) is 12.1 Å². The minimum atomic E-state index is -5.00. The van der Waals surface area contributed by atoms with Crippen molar-refractivity contribution < 1.29 is 35.9 Å². The van der Waals surface area contributed by atoms with Crippen LogP contribution in [0.4, 0.5) is 26.3 Å². The lowest BCUT2D eigenvalue weighted by atomic mass is 10.1. The summed E-state index contributed by atoms with van der Waals surface area (Å²) in [5.74, 6) is -1.21. The summed E-state index contributed by atoms with van der Waals surface area (Å²) >= 11 is 0. The highest BCUT2D eigenvalue weighted by atomic mass is 19.4. The molecule has 0 aromatic carbocycles. The fourth-order valence-corrected chi connectivity index (χ4v) is 2.28. The third kappa shape index (κ3) is 10.6. The molecule has 2 N–H and O–H groups in total. The van der Waals surface area contributed by atoms with E-state index in [1.54, 1.807) is 12.2 Å². The van der Waals surface area contributed by atoms with Gasteiger partial charge in [0.2, 0.25) is 11.8 Å². The number of allylic oxidation sites excluding steroid dienone is 3. The molecule has 0 radical (unpaired) electrons. The molecule has 4 nitrogen and oxygen atoms in total. The van der Waals surface area contributed by atoms with E-state index in [0.717, 1.165) is 32.1 Å². The quantitative estimate of drug-likeness (QED) is 0.223. The fraction of sp³-hybridized carbons (Fsp3) is 0.474. The van der Waals surface area contributed by atoms with Crippen LogP contribution in [0.1, 0.15) is 49.8 Å². The van der Waals surface area contributed by atoms with Gasteiger partial charge in [-0.05, 0) is 25.3 Å². The minimum absolute atomic E-state index is 0.0244. The molecular weight excluding hydrogens is 402 g/mol. The lowest BCUT2D eigenvalue weighted by Crippen LogP contribution is -2.14. The van der Waals surface area contributed by atoms with Gasteiger partial charge in [-0.3, -0.25) is 4.79 Å². The van der Waals surface area contributed by atoms with E-state index in [2.05, 4.69) is 4.98 Å². The smallest absolute Gasteiger partial charge is 0.433 e. The van der Waals surface area contributed by atoms with Crippen LogP contribution in [-0.4, -0.2) is 17.5 Å². The number of hydrogen-bond donors (Lipinski definition) is 1. The van der Waals surface area contributed by atoms with E-state index < -0.39 is 35.4 Å². The maximum atomic E-state index is 12.8. The Kier molecular flexibility index (Phi) is 9.70. The van der Waals surface area contributed by atoms with Gasteiger partial charge in [0.15, 0.2) is 0 Å². The van der Waals surface area contributed by atoms with Crippen LogP contribution in [0.3, 0.4) is 0 Å². The molecule has 0 saturated carbocycles. The number of carbonyl (C=O) groups excluding carboxylic acids is 1. The van der Waals surface area contributed by atoms with Crippen molar-refractivity contribution in [3.63, 3.8) is 0 Å². The first-order valence-corrected chi connectivity index (χ1v) is 8.92. The highest BCUT2D eigenvalue weighted by molar-refractivity contribution is 5.85. The number of hydrogen-bond acceptors (Lipinski definition) is 3. The number of halogens is 6. The molecule has 1 amide bonds. The molecule has 1 aromatic heterocycles. The van der Waals surface area contributed by atoms with Gasteiger partial charge < -0.3 is 10.5 Å². The maximum absolute atomic E-state index is 12.8. The number of alkyl halides is 6. The number of unbranched alkanes of at least 4 members (excludes halogenated alkanes) is 5. The van der Waals surface area contributed by atoms with Crippen LogP contribution in [0, 0.1) is 0 Å². The number of carbonyl (C=O) groups is 1. The number of primary amides is 1. The summed E-state index contributed by atoms with van der Waals surface area (Å²) in [4.78, 5) is 13.6. The van der Waals surface area contributed by atoms with Gasteiger partial charge in [-0.25, -0.2) is 4.98 Å². The zero-order chi connectivity index (χ0) is 21.9. The molecule has 162 valence electrons. The van der Waals surface area contributed by atoms with E-state index in [-0.39, 0.29) is 12.7 Å². The van der Waals surface area contributed by atoms with E-state index in [1.165, 1.54) is 6.08 Å². The van der Waals surface area contributed by atoms with Crippen molar-refractivity contribution in [2.75, 3.05) is 6.61 Å². The Morgan fingerprint density at radius 3 is 2.24 bits per heavy atom. The normalized spacial score (nSPS) is 12.8. The minimum Gasteiger partial charge on any atom is -0.478 e. The lowest BCUT2D eigenvalue weighted by molar-refractivity contribution is -0.146. The summed E-state index contributed by atoms with van der Waals surface area (Å²) in [6.45, 7) is -0.0244. The SMILES string of the molecule is NC(=O)/C=C/C=C/CCCCCCCOc1cc(C(F)(F)F)cc(C(F)(F)F)n1. The first-order valence-electron chi connectivity index (χ1n) is 8.92. The second-order valence-electron chi connectivity index (χ2n) is 6.17. The summed E-state index contributed by atoms with van der Waals surface area (Å²) in [6, 6.07) is 0.430. The van der Waals surface area contributed by atoms with E-state index in [4.69, 9.17) is 10.5 Å². The number of nitrogens with two attached hydrogens (primary N) is 1. The summed E-state index contributed by atoms with van der Waals surface area (Å²) in [7, 11) is 0. The summed E-state index contributed by atoms with van der Waals surface area (Å²) in [6.07, 6.45) is 1.15. The summed E-state index contributed by atoms with van der Waals surface area (Å²) in [5.41, 5.74) is 1.84. The van der Waals surface area contributed by atoms with Crippen molar-refractivity contribution in [3.8, 4) is 5.88 Å². The Hall–Kier alpha value is -2.52. The monoisotopic (exact) mass is 424 g/mol. The summed E-state index contributed by atoms with van der Waals surface area (Å²) < 4.78 is 81.4. The first-order chi connectivity index (χ1) is 13.5. The van der Waals surface area contributed by atoms with Crippen LogP contribution in [0.2, 0.25) is 0 Å². The van der Waals surface area contributed by atoms with Crippen molar-refractivity contribution in [3.05, 3.63) is 47.7 Å². The molecule has 29 heavy (non-hydrogen) atoms. The number of rotatable bonds is 11. The van der Waals surface area contributed by atoms with Gasteiger partial charge in [0.25, 0.3) is 0 Å². The average molecular weight is 424 g/mol. The van der Waals surface area contributed by atoms with Gasteiger partial charge in [0.05, 0.1) is 12.2 Å². The molecule has 1 rings (SSSR count). The number of ether oxygens (including phenoxy) is 1. The zero-order valence-corrected chi connectivity index (χ0v) is 15.5. The number of amides is 1. The predicted molar refractivity (Wildman–Crippen MR) is 94.9 cm³/mol. The largest absolute Gasteiger partial charge is 0.478 e. The Labute approximate surface area is 164 Å². The molecule has 0 fully saturated rings. The highest BCUT2D eigenvalue weighted by Crippen LogP contribution is 2.36. The topological polar surface area (TPSA) is 65.2 Å². The van der Waals surface area contributed by atoms with Gasteiger partial charge in [0.1, 0.15) is 5.69 Å². The third-order valence-electron chi connectivity index (χ3n) is 3.69. The first kappa shape index (κ1) is 24.5. The molecule has 0 spiro atoms. The van der Waals surface area contributed by atoms with Crippen molar-refractivity contribution >= 4 is 5.91 Å². The molecule has 0 aliphatic heterocycles. The second kappa shape index (κ2) is 11.5. The van der Waals surface area contributed by atoms with Gasteiger partial charge >= 0.3 is 12.4 Å². The molecule has 0 saturated heterocycles. The van der Waals surface area contributed by atoms with Crippen molar-refractivity contribution in [1.29, 1.82) is 0 Å². The molecule has 0 bridgehead atoms. The molecule has 10 heteroatoms. The highest BCUT2D eigenvalue weighted by Gasteiger charge is 2.38. The van der Waals surface area contributed by atoms with Crippen LogP contribution < -0.4 is 10.5 Å². The summed E-state index contributed by atoms with van der Waals surface area (Å²) in [5, 5.41) is 0.